The number of rotatable bonds is 7. The van der Waals surface area contributed by atoms with Gasteiger partial charge in [0.2, 0.25) is 0 Å². The Bertz CT molecular complexity index is 385. The second-order valence-electron chi connectivity index (χ2n) is 5.29. The Morgan fingerprint density at radius 1 is 1.32 bits per heavy atom. The Morgan fingerprint density at radius 3 is 2.50 bits per heavy atom. The molecule has 7 N–H and O–H groups in total. The Hall–Kier alpha value is -1.28. The van der Waals surface area contributed by atoms with Crippen LogP contribution in [0.2, 0.25) is 0 Å². The fraction of sp³-hybridized carbons (Fsp3) is 0.769. The maximum atomic E-state index is 11.2. The van der Waals surface area contributed by atoms with Crippen LogP contribution in [0.25, 0.3) is 0 Å². The van der Waals surface area contributed by atoms with Crippen LogP contribution >= 0.6 is 24.6 Å². The summed E-state index contributed by atoms with van der Waals surface area (Å²) in [5.41, 5.74) is 10.4. The Labute approximate surface area is 142 Å². The highest BCUT2D eigenvalue weighted by Gasteiger charge is 2.20. The van der Waals surface area contributed by atoms with E-state index in [0.29, 0.717) is 30.5 Å². The number of thiocarbonyl (C=S) groups is 1. The van der Waals surface area contributed by atoms with Crippen molar-refractivity contribution in [3.8, 4) is 0 Å². The number of carboxylic acids is 1. The summed E-state index contributed by atoms with van der Waals surface area (Å²) in [5.74, 6) is -0.906. The molecule has 0 aromatic rings. The molecule has 1 aliphatic carbocycles. The molecule has 0 bridgehead atoms. The number of nitrogens with zero attached hydrogens (tertiary/aromatic N) is 1. The van der Waals surface area contributed by atoms with Crippen molar-refractivity contribution in [2.24, 2.45) is 16.5 Å². The highest BCUT2D eigenvalue weighted by atomic mass is 35.5. The second kappa shape index (κ2) is 11.3. The van der Waals surface area contributed by atoms with Crippen molar-refractivity contribution in [2.45, 2.75) is 57.0 Å². The minimum Gasteiger partial charge on any atom is -0.480 e. The largest absolute Gasteiger partial charge is 0.480 e. The maximum Gasteiger partial charge on any atom is 0.326 e. The molecule has 1 fully saturated rings. The van der Waals surface area contributed by atoms with E-state index in [-0.39, 0.29) is 18.4 Å². The number of aliphatic carboxylic acids is 1. The standard InChI is InChI=1S/C13H25N5O2S.ClH/c14-12(15)16-8-4-7-10(11(19)20)18-13(21)17-9-5-2-1-3-6-9;/h9-10H,1-8H2,(H,19,20)(H4,14,15,16)(H2,17,18,21);1H. The first-order valence-corrected chi connectivity index (χ1v) is 7.75. The first-order valence-electron chi connectivity index (χ1n) is 7.34. The van der Waals surface area contributed by atoms with Gasteiger partial charge in [-0.15, -0.1) is 12.4 Å². The molecule has 0 aliphatic heterocycles. The molecular formula is C13H26ClN5O2S. The van der Waals surface area contributed by atoms with Crippen LogP contribution in [0.5, 0.6) is 0 Å². The first-order chi connectivity index (χ1) is 9.99. The van der Waals surface area contributed by atoms with E-state index in [4.69, 9.17) is 23.7 Å². The van der Waals surface area contributed by atoms with Crippen LogP contribution in [-0.2, 0) is 4.79 Å². The van der Waals surface area contributed by atoms with Gasteiger partial charge >= 0.3 is 5.97 Å². The Balaban J connectivity index is 0.00000441. The van der Waals surface area contributed by atoms with Gasteiger partial charge < -0.3 is 27.2 Å². The van der Waals surface area contributed by atoms with Gasteiger partial charge in [-0.2, -0.15) is 0 Å². The fourth-order valence-corrected chi connectivity index (χ4v) is 2.70. The average Bonchev–Trinajstić information content (AvgIpc) is 2.42. The van der Waals surface area contributed by atoms with Crippen LogP contribution in [0.3, 0.4) is 0 Å². The molecule has 0 heterocycles. The summed E-state index contributed by atoms with van der Waals surface area (Å²) < 4.78 is 0. The first kappa shape index (κ1) is 20.7. The number of hydrogen-bond donors (Lipinski definition) is 5. The zero-order chi connectivity index (χ0) is 15.7. The highest BCUT2D eigenvalue weighted by molar-refractivity contribution is 7.80. The van der Waals surface area contributed by atoms with Crippen molar-refractivity contribution < 1.29 is 9.90 Å². The number of nitrogens with two attached hydrogens (primary N) is 2. The average molecular weight is 352 g/mol. The molecule has 0 aromatic carbocycles. The van der Waals surface area contributed by atoms with E-state index < -0.39 is 12.0 Å². The summed E-state index contributed by atoms with van der Waals surface area (Å²) in [6.45, 7) is 0.413. The molecule has 0 aromatic heterocycles. The lowest BCUT2D eigenvalue weighted by Gasteiger charge is -2.25. The van der Waals surface area contributed by atoms with Crippen molar-refractivity contribution in [1.82, 2.24) is 10.6 Å². The van der Waals surface area contributed by atoms with Gasteiger partial charge in [0.15, 0.2) is 11.1 Å². The fourth-order valence-electron chi connectivity index (χ4n) is 2.39. The zero-order valence-corrected chi connectivity index (χ0v) is 14.2. The smallest absolute Gasteiger partial charge is 0.326 e. The van der Waals surface area contributed by atoms with Gasteiger partial charge in [0.05, 0.1) is 0 Å². The molecule has 0 spiro atoms. The third-order valence-corrected chi connectivity index (χ3v) is 3.72. The third-order valence-electron chi connectivity index (χ3n) is 3.49. The molecule has 128 valence electrons. The molecular weight excluding hydrogens is 326 g/mol. The molecule has 0 amide bonds. The summed E-state index contributed by atoms with van der Waals surface area (Å²) in [4.78, 5) is 15.1. The van der Waals surface area contributed by atoms with Crippen molar-refractivity contribution in [3.05, 3.63) is 0 Å². The van der Waals surface area contributed by atoms with E-state index >= 15 is 0 Å². The molecule has 1 rings (SSSR count). The van der Waals surface area contributed by atoms with Crippen LogP contribution in [0.4, 0.5) is 0 Å². The normalized spacial score (nSPS) is 16.0. The SMILES string of the molecule is Cl.NC(N)=NCCCC(NC(=S)NC1CCCCC1)C(=O)O. The Kier molecular flexibility index (Phi) is 10.7. The summed E-state index contributed by atoms with van der Waals surface area (Å²) in [7, 11) is 0. The molecule has 22 heavy (non-hydrogen) atoms. The van der Waals surface area contributed by atoms with E-state index in [2.05, 4.69) is 15.6 Å². The van der Waals surface area contributed by atoms with Gasteiger partial charge in [-0.3, -0.25) is 4.99 Å². The minimum absolute atomic E-state index is 0. The molecule has 1 saturated carbocycles. The molecule has 1 atom stereocenters. The van der Waals surface area contributed by atoms with Crippen molar-refractivity contribution in [3.63, 3.8) is 0 Å². The third kappa shape index (κ3) is 8.89. The van der Waals surface area contributed by atoms with Gasteiger partial charge in [0.1, 0.15) is 6.04 Å². The van der Waals surface area contributed by atoms with Crippen LogP contribution in [-0.4, -0.2) is 40.8 Å². The monoisotopic (exact) mass is 351 g/mol. The van der Waals surface area contributed by atoms with Gasteiger partial charge in [0.25, 0.3) is 0 Å². The second-order valence-corrected chi connectivity index (χ2v) is 5.70. The van der Waals surface area contributed by atoms with Crippen LogP contribution in [0, 0.1) is 0 Å². The Morgan fingerprint density at radius 2 is 1.95 bits per heavy atom. The molecule has 0 radical (unpaired) electrons. The number of nitrogens with one attached hydrogen (secondary N) is 2. The van der Waals surface area contributed by atoms with Crippen molar-refractivity contribution in [1.29, 1.82) is 0 Å². The predicted octanol–water partition coefficient (Wildman–Crippen LogP) is 0.712. The van der Waals surface area contributed by atoms with Crippen molar-refractivity contribution in [2.75, 3.05) is 6.54 Å². The summed E-state index contributed by atoms with van der Waals surface area (Å²) in [6, 6.07) is -0.363. The molecule has 9 heteroatoms. The van der Waals surface area contributed by atoms with Crippen LogP contribution in [0.15, 0.2) is 4.99 Å². The highest BCUT2D eigenvalue weighted by Crippen LogP contribution is 2.17. The van der Waals surface area contributed by atoms with E-state index in [1.165, 1.54) is 19.3 Å². The van der Waals surface area contributed by atoms with Crippen LogP contribution in [0.1, 0.15) is 44.9 Å². The lowest BCUT2D eigenvalue weighted by Crippen LogP contribution is -2.49. The number of guanidine groups is 1. The number of aliphatic imine (C=N–C) groups is 1. The number of carboxylic acid groups (broad SMARTS) is 1. The predicted molar refractivity (Wildman–Crippen MR) is 94.3 cm³/mol. The maximum absolute atomic E-state index is 11.2. The van der Waals surface area contributed by atoms with E-state index in [0.717, 1.165) is 12.8 Å². The number of carbonyl (C=O) groups is 1. The minimum atomic E-state index is -0.924. The summed E-state index contributed by atoms with van der Waals surface area (Å²) >= 11 is 5.20. The van der Waals surface area contributed by atoms with Gasteiger partial charge in [-0.1, -0.05) is 19.3 Å². The molecule has 7 nitrogen and oxygen atoms in total. The van der Waals surface area contributed by atoms with E-state index in [9.17, 15) is 9.90 Å². The topological polar surface area (TPSA) is 126 Å². The van der Waals surface area contributed by atoms with Crippen LogP contribution < -0.4 is 22.1 Å². The van der Waals surface area contributed by atoms with Gasteiger partial charge in [0, 0.05) is 12.6 Å². The van der Waals surface area contributed by atoms with Gasteiger partial charge in [-0.25, -0.2) is 4.79 Å². The summed E-state index contributed by atoms with van der Waals surface area (Å²) in [6.07, 6.45) is 6.82. The quantitative estimate of drug-likeness (QED) is 0.198. The lowest BCUT2D eigenvalue weighted by molar-refractivity contribution is -0.139. The zero-order valence-electron chi connectivity index (χ0n) is 12.6. The van der Waals surface area contributed by atoms with E-state index in [1.807, 2.05) is 0 Å². The van der Waals surface area contributed by atoms with Crippen molar-refractivity contribution >= 4 is 41.7 Å². The van der Waals surface area contributed by atoms with Gasteiger partial charge in [-0.05, 0) is 37.9 Å². The van der Waals surface area contributed by atoms with E-state index in [1.54, 1.807) is 0 Å². The number of halogens is 1. The summed E-state index contributed by atoms with van der Waals surface area (Å²) in [5, 5.41) is 15.7. The molecule has 0 saturated heterocycles. The number of hydrogen-bond acceptors (Lipinski definition) is 3. The molecule has 1 aliphatic rings. The molecule has 1 unspecified atom stereocenters. The lowest BCUT2D eigenvalue weighted by atomic mass is 9.96.